The van der Waals surface area contributed by atoms with Crippen LogP contribution in [0.25, 0.3) is 44.1 Å². The number of benzene rings is 8. The van der Waals surface area contributed by atoms with E-state index in [-0.39, 0.29) is 76.2 Å². The third-order valence-corrected chi connectivity index (χ3v) is 21.6. The number of para-hydroxylation sites is 8. The first-order chi connectivity index (χ1) is 66.3. The molecule has 4 aliphatic heterocycles. The van der Waals surface area contributed by atoms with Crippen LogP contribution >= 0.6 is 0 Å². The van der Waals surface area contributed by atoms with E-state index in [1.807, 2.05) is 97.1 Å². The van der Waals surface area contributed by atoms with Crippen molar-refractivity contribution >= 4 is 183 Å². The summed E-state index contributed by atoms with van der Waals surface area (Å²) in [6, 6.07) is 62.9. The van der Waals surface area contributed by atoms with Crippen LogP contribution in [0.5, 0.6) is 0 Å². The Labute approximate surface area is 776 Å². The average molecular weight is 1830 g/mol. The maximum Gasteiger partial charge on any atom is 0.274 e. The van der Waals surface area contributed by atoms with Crippen LogP contribution in [0, 0.1) is 0 Å². The molecule has 0 bridgehead atoms. The lowest BCUT2D eigenvalue weighted by atomic mass is 10.1. The number of carbonyl (C=O) groups excluding carboxylic acids is 8. The van der Waals surface area contributed by atoms with Gasteiger partial charge in [-0.1, -0.05) is 54.6 Å². The molecule has 40 heteroatoms. The summed E-state index contributed by atoms with van der Waals surface area (Å²) in [6.07, 6.45) is 7.83. The lowest BCUT2D eigenvalue weighted by Crippen LogP contribution is -2.37. The van der Waals surface area contributed by atoms with Crippen molar-refractivity contribution in [3.05, 3.63) is 283 Å². The normalized spacial score (nSPS) is 13.5. The van der Waals surface area contributed by atoms with Crippen molar-refractivity contribution in [1.82, 2.24) is 54.8 Å². The Morgan fingerprint density at radius 2 is 0.588 bits per heavy atom. The molecule has 8 aromatic carbocycles. The summed E-state index contributed by atoms with van der Waals surface area (Å²) < 4.78 is 21.8. The van der Waals surface area contributed by atoms with E-state index in [0.29, 0.717) is 212 Å². The molecule has 40 nitrogen and oxygen atoms in total. The number of rotatable bonds is 24. The summed E-state index contributed by atoms with van der Waals surface area (Å²) in [5.74, 6) is -3.02. The lowest BCUT2D eigenvalue weighted by Gasteiger charge is -2.31. The smallest absolute Gasteiger partial charge is 0.274 e. The second-order valence-corrected chi connectivity index (χ2v) is 30.7. The standard InChI is InChI=1S/3C25H23N7O3.C21H23N7O3/c26-23(33)22-24(30-19-6-2-1-5-18(19)29-22)28-17-7-8-21(32-10-12-35-13-11-32)20(14-17)31-25(34)16-4-3-9-27-15-16;26-23(33)22-24(30-18-6-2-1-5-17(18)29-22)28-16-8-9-21(32-11-13-35-14-12-32)20(15-16)31-25(34)19-7-3-4-10-27-19;26-23(33)22-24(30-19-4-2-1-3-18(19)29-22)28-17-5-6-21(32-11-13-35-14-12-32)20(15-17)31-25(34)16-7-9-27-10-8-16;22-12-18(29)25-16-11-13(5-6-17(16)28-7-9-31-10-8-28)24-21-19(20(23)30)26-14-3-1-2-4-15(14)27-21/h1-9,14-15H,10-13H2,(H2,26,33)(H,28,30)(H,31,34);2*1-10,15H,11-14H2,(H2,26,33)(H,28,30)(H,31,34);1-6,11H,7-10,12,22H2,(H2,23,30)(H,24,27)(H,25,29). The molecule has 8 amide bonds. The third-order valence-electron chi connectivity index (χ3n) is 21.6. The zero-order valence-electron chi connectivity index (χ0n) is 73.1. The number of amides is 8. The van der Waals surface area contributed by atoms with Gasteiger partial charge in [-0.05, 0) is 158 Å². The molecule has 0 radical (unpaired) electrons. The Balaban J connectivity index is 0.000000132. The minimum absolute atomic E-state index is 0.0278. The van der Waals surface area contributed by atoms with Crippen LogP contribution in [-0.2, 0) is 23.7 Å². The van der Waals surface area contributed by atoms with Crippen molar-refractivity contribution < 1.29 is 57.3 Å². The zero-order chi connectivity index (χ0) is 94.4. The minimum Gasteiger partial charge on any atom is -0.378 e. The van der Waals surface area contributed by atoms with Crippen molar-refractivity contribution in [1.29, 1.82) is 0 Å². The van der Waals surface area contributed by atoms with Gasteiger partial charge in [0.25, 0.3) is 41.4 Å². The lowest BCUT2D eigenvalue weighted by molar-refractivity contribution is -0.114. The highest BCUT2D eigenvalue weighted by molar-refractivity contribution is 6.09. The van der Waals surface area contributed by atoms with E-state index in [2.05, 4.69) is 117 Å². The molecule has 0 aliphatic carbocycles. The topological polar surface area (TPSA) is 555 Å². The van der Waals surface area contributed by atoms with Gasteiger partial charge in [0.15, 0.2) is 46.0 Å². The number of hydrogen-bond donors (Lipinski definition) is 13. The van der Waals surface area contributed by atoms with Crippen LogP contribution in [0.3, 0.4) is 0 Å². The van der Waals surface area contributed by atoms with Crippen LogP contribution in [0.4, 0.5) is 91.5 Å². The molecular formula is C96H92N28O12. The van der Waals surface area contributed by atoms with Crippen LogP contribution in [0.1, 0.15) is 73.2 Å². The molecule has 18 N–H and O–H groups in total. The number of carbonyl (C=O) groups is 8. The summed E-state index contributed by atoms with van der Waals surface area (Å²) in [7, 11) is 0. The van der Waals surface area contributed by atoms with Crippen LogP contribution in [0.2, 0.25) is 0 Å². The molecule has 0 saturated carbocycles. The van der Waals surface area contributed by atoms with E-state index >= 15 is 0 Å². The number of nitrogens with zero attached hydrogens (tertiary/aromatic N) is 15. The molecule has 11 heterocycles. The summed E-state index contributed by atoms with van der Waals surface area (Å²) >= 11 is 0. The third kappa shape index (κ3) is 22.9. The van der Waals surface area contributed by atoms with Gasteiger partial charge in [0.1, 0.15) is 5.69 Å². The highest BCUT2D eigenvalue weighted by Gasteiger charge is 2.27. The molecule has 0 unspecified atom stereocenters. The van der Waals surface area contributed by atoms with Gasteiger partial charge in [-0.3, -0.25) is 53.3 Å². The highest BCUT2D eigenvalue weighted by Crippen LogP contribution is 2.38. The second kappa shape index (κ2) is 43.5. The Bertz CT molecular complexity index is 6430. The highest BCUT2D eigenvalue weighted by atomic mass is 16.5. The summed E-state index contributed by atoms with van der Waals surface area (Å²) in [6.45, 7) is 10.3. The summed E-state index contributed by atoms with van der Waals surface area (Å²) in [5, 5.41) is 24.3. The summed E-state index contributed by atoms with van der Waals surface area (Å²) in [4.78, 5) is 155. The summed E-state index contributed by atoms with van der Waals surface area (Å²) in [5.41, 5.74) is 42.1. The fourth-order valence-electron chi connectivity index (χ4n) is 15.0. The van der Waals surface area contributed by atoms with Gasteiger partial charge in [-0.15, -0.1) is 0 Å². The Morgan fingerprint density at radius 3 is 0.875 bits per heavy atom. The Hall–Kier alpha value is -17.5. The first-order valence-electron chi connectivity index (χ1n) is 43.2. The molecule has 688 valence electrons. The quantitative estimate of drug-likeness (QED) is 0.0267. The molecular weight excluding hydrogens is 1740 g/mol. The van der Waals surface area contributed by atoms with Crippen LogP contribution in [-0.4, -0.2) is 214 Å². The number of nitrogens with one attached hydrogen (secondary N) is 8. The predicted molar refractivity (Wildman–Crippen MR) is 518 cm³/mol. The molecule has 0 atom stereocenters. The van der Waals surface area contributed by atoms with E-state index in [4.69, 9.17) is 47.6 Å². The van der Waals surface area contributed by atoms with E-state index in [1.165, 1.54) is 6.20 Å². The van der Waals surface area contributed by atoms with Crippen molar-refractivity contribution in [3.63, 3.8) is 0 Å². The van der Waals surface area contributed by atoms with Crippen molar-refractivity contribution in [2.24, 2.45) is 28.7 Å². The van der Waals surface area contributed by atoms with Gasteiger partial charge in [0.05, 0.1) is 155 Å². The van der Waals surface area contributed by atoms with Gasteiger partial charge >= 0.3 is 0 Å². The Morgan fingerprint density at radius 1 is 0.294 bits per heavy atom. The van der Waals surface area contributed by atoms with Crippen LogP contribution in [0.15, 0.2) is 243 Å². The van der Waals surface area contributed by atoms with Crippen molar-refractivity contribution in [3.8, 4) is 0 Å². The van der Waals surface area contributed by atoms with Gasteiger partial charge in [0.2, 0.25) is 5.91 Å². The van der Waals surface area contributed by atoms with Crippen molar-refractivity contribution in [2.45, 2.75) is 0 Å². The minimum atomic E-state index is -0.695. The predicted octanol–water partition coefficient (Wildman–Crippen LogP) is 10.1. The first-order valence-corrected chi connectivity index (χ1v) is 43.2. The number of aromatic nitrogens is 11. The number of anilines is 16. The zero-order valence-corrected chi connectivity index (χ0v) is 73.1. The average Bonchev–Trinajstić information content (AvgIpc) is 0.802. The van der Waals surface area contributed by atoms with Gasteiger partial charge in [-0.2, -0.15) is 0 Å². The molecule has 0 spiro atoms. The van der Waals surface area contributed by atoms with Crippen molar-refractivity contribution in [2.75, 3.05) is 174 Å². The molecule has 15 aromatic rings. The van der Waals surface area contributed by atoms with E-state index < -0.39 is 23.6 Å². The molecule has 136 heavy (non-hydrogen) atoms. The molecule has 7 aromatic heterocycles. The van der Waals surface area contributed by atoms with E-state index in [0.717, 1.165) is 22.7 Å². The maximum atomic E-state index is 12.9. The van der Waals surface area contributed by atoms with Gasteiger partial charge in [-0.25, -0.2) is 39.9 Å². The van der Waals surface area contributed by atoms with Gasteiger partial charge in [0, 0.05) is 112 Å². The fourth-order valence-corrected chi connectivity index (χ4v) is 15.0. The number of nitrogens with two attached hydrogens (primary N) is 5. The molecule has 4 saturated heterocycles. The number of fused-ring (bicyclic) bond motifs is 4. The number of pyridine rings is 3. The molecule has 19 rings (SSSR count). The fraction of sp³-hybridized carbons (Fsp3) is 0.177. The maximum absolute atomic E-state index is 12.9. The molecule has 4 aliphatic rings. The Kier molecular flexibility index (Phi) is 29.4. The number of hydrogen-bond acceptors (Lipinski definition) is 32. The number of ether oxygens (including phenoxy) is 4. The molecule has 4 fully saturated rings. The largest absolute Gasteiger partial charge is 0.378 e. The first kappa shape index (κ1) is 91.8. The second-order valence-electron chi connectivity index (χ2n) is 30.7. The van der Waals surface area contributed by atoms with E-state index in [1.54, 1.807) is 140 Å². The number of primary amides is 4. The van der Waals surface area contributed by atoms with Gasteiger partial charge < -0.3 is 110 Å². The van der Waals surface area contributed by atoms with Crippen LogP contribution < -0.4 is 90.8 Å². The van der Waals surface area contributed by atoms with E-state index in [9.17, 15) is 38.4 Å². The number of morpholine rings is 4. The SMILES string of the molecule is NC(=O)c1nc2ccccc2nc1Nc1ccc(N2CCOCC2)c(NC(=O)c2ccccn2)c1.NC(=O)c1nc2ccccc2nc1Nc1ccc(N2CCOCC2)c(NC(=O)c2cccnc2)c1.NC(=O)c1nc2ccccc2nc1Nc1ccc(N2CCOCC2)c(NC(=O)c2ccncc2)c1.NCC(=O)Nc1cc(Nc2nc3ccccc3nc2C(N)=O)ccc1N1CCOCC1. The monoisotopic (exact) mass is 1830 g/mol.